The average Bonchev–Trinajstić information content (AvgIpc) is 2.66. The van der Waals surface area contributed by atoms with Crippen LogP contribution in [-0.4, -0.2) is 41.5 Å². The summed E-state index contributed by atoms with van der Waals surface area (Å²) in [7, 11) is 1.95. The van der Waals surface area contributed by atoms with Crippen LogP contribution in [0.3, 0.4) is 0 Å². The Morgan fingerprint density at radius 2 is 2.47 bits per heavy atom. The number of H-pyrrole nitrogens is 1. The van der Waals surface area contributed by atoms with E-state index in [0.717, 1.165) is 19.6 Å². The van der Waals surface area contributed by atoms with Crippen molar-refractivity contribution in [3.63, 3.8) is 0 Å². The molecule has 0 aliphatic carbocycles. The molecule has 6 heteroatoms. The van der Waals surface area contributed by atoms with Crippen molar-refractivity contribution in [3.05, 3.63) is 0 Å². The van der Waals surface area contributed by atoms with Crippen LogP contribution in [0.5, 0.6) is 0 Å². The molecule has 1 aromatic rings. The summed E-state index contributed by atoms with van der Waals surface area (Å²) >= 11 is 0. The molecule has 1 saturated heterocycles. The molecule has 0 bridgehead atoms. The van der Waals surface area contributed by atoms with Crippen LogP contribution >= 0.6 is 0 Å². The molecule has 1 aliphatic rings. The molecule has 6 nitrogen and oxygen atoms in total. The summed E-state index contributed by atoms with van der Waals surface area (Å²) in [6.07, 6.45) is 3.83. The number of nitrogens with zero attached hydrogens (tertiary/aromatic N) is 3. The normalized spacial score (nSPS) is 21.5. The van der Waals surface area contributed by atoms with Crippen LogP contribution in [0.4, 0.5) is 11.9 Å². The Morgan fingerprint density at radius 3 is 3.07 bits per heavy atom. The van der Waals surface area contributed by atoms with E-state index >= 15 is 0 Å². The zero-order chi connectivity index (χ0) is 10.7. The van der Waals surface area contributed by atoms with E-state index in [1.54, 1.807) is 0 Å². The lowest BCUT2D eigenvalue weighted by molar-refractivity contribution is 0.0214. The minimum Gasteiger partial charge on any atom is -0.376 e. The molecule has 1 unspecified atom stereocenters. The number of likely N-dealkylation sites (N-methyl/N-ethyl adjacent to an activating group) is 1. The summed E-state index contributed by atoms with van der Waals surface area (Å²) in [6.45, 7) is 1.69. The van der Waals surface area contributed by atoms with E-state index in [0.29, 0.717) is 18.0 Å². The molecule has 15 heavy (non-hydrogen) atoms. The maximum atomic E-state index is 5.64. The number of nitrogens with two attached hydrogens (primary N) is 1. The SMILES string of the molecule is CN(CC1CCCCO1)c1n[nH]c(N)n1. The lowest BCUT2D eigenvalue weighted by atomic mass is 10.1. The van der Waals surface area contributed by atoms with Crippen molar-refractivity contribution < 1.29 is 4.74 Å². The minimum atomic E-state index is 0.295. The van der Waals surface area contributed by atoms with Crippen molar-refractivity contribution in [1.29, 1.82) is 0 Å². The van der Waals surface area contributed by atoms with Gasteiger partial charge in [0.1, 0.15) is 0 Å². The molecule has 0 aromatic carbocycles. The monoisotopic (exact) mass is 211 g/mol. The molecule has 2 rings (SSSR count). The van der Waals surface area contributed by atoms with Crippen molar-refractivity contribution in [3.8, 4) is 0 Å². The first-order valence-electron chi connectivity index (χ1n) is 5.26. The van der Waals surface area contributed by atoms with Crippen LogP contribution in [0.25, 0.3) is 0 Å². The van der Waals surface area contributed by atoms with E-state index < -0.39 is 0 Å². The largest absolute Gasteiger partial charge is 0.376 e. The quantitative estimate of drug-likeness (QED) is 0.756. The van der Waals surface area contributed by atoms with Crippen molar-refractivity contribution in [2.24, 2.45) is 0 Å². The number of anilines is 2. The molecule has 1 fully saturated rings. The third-order valence-electron chi connectivity index (χ3n) is 2.58. The average molecular weight is 211 g/mol. The fourth-order valence-corrected chi connectivity index (χ4v) is 1.77. The van der Waals surface area contributed by atoms with Gasteiger partial charge in [0.25, 0.3) is 0 Å². The Hall–Kier alpha value is -1.30. The van der Waals surface area contributed by atoms with Crippen LogP contribution in [0, 0.1) is 0 Å². The van der Waals surface area contributed by atoms with Crippen LogP contribution in [0.1, 0.15) is 19.3 Å². The summed E-state index contributed by atoms with van der Waals surface area (Å²) in [6, 6.07) is 0. The maximum Gasteiger partial charge on any atom is 0.246 e. The summed E-state index contributed by atoms with van der Waals surface area (Å²) < 4.78 is 5.64. The van der Waals surface area contributed by atoms with Gasteiger partial charge < -0.3 is 15.4 Å². The molecular formula is C9H17N5O. The zero-order valence-corrected chi connectivity index (χ0v) is 8.94. The topological polar surface area (TPSA) is 80.1 Å². The van der Waals surface area contributed by atoms with Gasteiger partial charge in [0.15, 0.2) is 0 Å². The van der Waals surface area contributed by atoms with Crippen molar-refractivity contribution in [2.75, 3.05) is 30.8 Å². The first-order valence-corrected chi connectivity index (χ1v) is 5.26. The fourth-order valence-electron chi connectivity index (χ4n) is 1.77. The van der Waals surface area contributed by atoms with E-state index in [4.69, 9.17) is 10.5 Å². The Morgan fingerprint density at radius 1 is 1.60 bits per heavy atom. The Balaban J connectivity index is 1.88. The van der Waals surface area contributed by atoms with Gasteiger partial charge >= 0.3 is 0 Å². The number of nitrogen functional groups attached to an aromatic ring is 1. The standard InChI is InChI=1S/C9H17N5O/c1-14(9-11-8(10)12-13-9)6-7-4-2-3-5-15-7/h7H,2-6H2,1H3,(H3,10,11,12,13). The number of nitrogens with one attached hydrogen (secondary N) is 1. The molecule has 3 N–H and O–H groups in total. The van der Waals surface area contributed by atoms with E-state index in [2.05, 4.69) is 15.2 Å². The zero-order valence-electron chi connectivity index (χ0n) is 8.94. The molecule has 2 heterocycles. The highest BCUT2D eigenvalue weighted by Crippen LogP contribution is 2.15. The molecular weight excluding hydrogens is 194 g/mol. The van der Waals surface area contributed by atoms with E-state index in [1.165, 1.54) is 12.8 Å². The van der Waals surface area contributed by atoms with Crippen molar-refractivity contribution in [1.82, 2.24) is 15.2 Å². The first kappa shape index (κ1) is 10.2. The smallest absolute Gasteiger partial charge is 0.246 e. The Labute approximate surface area is 88.8 Å². The highest BCUT2D eigenvalue weighted by atomic mass is 16.5. The molecule has 0 amide bonds. The third kappa shape index (κ3) is 2.59. The number of aromatic amines is 1. The number of hydrogen-bond donors (Lipinski definition) is 2. The van der Waals surface area contributed by atoms with Crippen LogP contribution in [0.15, 0.2) is 0 Å². The summed E-state index contributed by atoms with van der Waals surface area (Å²) in [5.41, 5.74) is 5.46. The van der Waals surface area contributed by atoms with Crippen LogP contribution in [-0.2, 0) is 4.74 Å². The van der Waals surface area contributed by atoms with E-state index in [9.17, 15) is 0 Å². The second-order valence-electron chi connectivity index (χ2n) is 3.89. The van der Waals surface area contributed by atoms with Gasteiger partial charge in [-0.1, -0.05) is 0 Å². The highest BCUT2D eigenvalue weighted by Gasteiger charge is 2.17. The minimum absolute atomic E-state index is 0.295. The van der Waals surface area contributed by atoms with Gasteiger partial charge in [0, 0.05) is 20.2 Å². The van der Waals surface area contributed by atoms with Gasteiger partial charge in [-0.25, -0.2) is 5.10 Å². The van der Waals surface area contributed by atoms with Crippen molar-refractivity contribution >= 4 is 11.9 Å². The second kappa shape index (κ2) is 4.48. The molecule has 0 radical (unpaired) electrons. The van der Waals surface area contributed by atoms with Gasteiger partial charge in [0.05, 0.1) is 6.10 Å². The number of hydrogen-bond acceptors (Lipinski definition) is 5. The maximum absolute atomic E-state index is 5.64. The Kier molecular flexibility index (Phi) is 3.05. The van der Waals surface area contributed by atoms with Gasteiger partial charge in [-0.05, 0) is 19.3 Å². The predicted octanol–water partition coefficient (Wildman–Crippen LogP) is 0.392. The van der Waals surface area contributed by atoms with E-state index in [1.807, 2.05) is 11.9 Å². The summed E-state index contributed by atoms with van der Waals surface area (Å²) in [4.78, 5) is 6.02. The van der Waals surface area contributed by atoms with Gasteiger partial charge in [-0.2, -0.15) is 4.98 Å². The lowest BCUT2D eigenvalue weighted by Crippen LogP contribution is -2.33. The predicted molar refractivity (Wildman–Crippen MR) is 57.7 cm³/mol. The van der Waals surface area contributed by atoms with Gasteiger partial charge in [-0.15, -0.1) is 5.10 Å². The first-order chi connectivity index (χ1) is 7.25. The van der Waals surface area contributed by atoms with Crippen LogP contribution in [0.2, 0.25) is 0 Å². The molecule has 0 spiro atoms. The van der Waals surface area contributed by atoms with Gasteiger partial charge in [0.2, 0.25) is 11.9 Å². The lowest BCUT2D eigenvalue weighted by Gasteiger charge is -2.26. The number of ether oxygens (including phenoxy) is 1. The fraction of sp³-hybridized carbons (Fsp3) is 0.778. The molecule has 1 aliphatic heterocycles. The highest BCUT2D eigenvalue weighted by molar-refractivity contribution is 5.32. The van der Waals surface area contributed by atoms with Crippen molar-refractivity contribution in [2.45, 2.75) is 25.4 Å². The molecule has 1 atom stereocenters. The summed E-state index contributed by atoms with van der Waals surface area (Å²) in [5.74, 6) is 0.975. The molecule has 1 aromatic heterocycles. The third-order valence-corrected chi connectivity index (χ3v) is 2.58. The molecule has 0 saturated carbocycles. The molecule has 84 valence electrons. The second-order valence-corrected chi connectivity index (χ2v) is 3.89. The number of aromatic nitrogens is 3. The number of rotatable bonds is 3. The summed E-state index contributed by atoms with van der Waals surface area (Å²) in [5, 5.41) is 6.61. The van der Waals surface area contributed by atoms with Crippen LogP contribution < -0.4 is 10.6 Å². The van der Waals surface area contributed by atoms with E-state index in [-0.39, 0.29) is 0 Å². The van der Waals surface area contributed by atoms with Gasteiger partial charge in [-0.3, -0.25) is 0 Å². The Bertz CT molecular complexity index is 307.